The largest absolute Gasteiger partial charge is 0.481 e. The highest BCUT2D eigenvalue weighted by Gasteiger charge is 2.03. The smallest absolute Gasteiger partial charge is 0.212 e. The summed E-state index contributed by atoms with van der Waals surface area (Å²) in [4.78, 5) is 7.51. The molecular weight excluding hydrogens is 238 g/mol. The summed E-state index contributed by atoms with van der Waals surface area (Å²) >= 11 is 0. The summed E-state index contributed by atoms with van der Waals surface area (Å²) in [5.74, 6) is 0.622. The Morgan fingerprint density at radius 1 is 1.16 bits per heavy atom. The average Bonchev–Trinajstić information content (AvgIpc) is 2.89. The fourth-order valence-electron chi connectivity index (χ4n) is 2.15. The van der Waals surface area contributed by atoms with Gasteiger partial charge in [-0.3, -0.25) is 0 Å². The lowest BCUT2D eigenvalue weighted by molar-refractivity contribution is 0.398. The van der Waals surface area contributed by atoms with Crippen LogP contribution in [0.3, 0.4) is 0 Å². The van der Waals surface area contributed by atoms with Crippen molar-refractivity contribution in [2.45, 2.75) is 6.54 Å². The SMILES string of the molecule is COc1ccc(-c2ccc3[nH]c(CN)cc3c2)cn1. The second-order valence-corrected chi connectivity index (χ2v) is 4.39. The van der Waals surface area contributed by atoms with Gasteiger partial charge in [0.1, 0.15) is 0 Å². The molecule has 2 aromatic heterocycles. The first kappa shape index (κ1) is 11.7. The summed E-state index contributed by atoms with van der Waals surface area (Å²) in [6.07, 6.45) is 1.82. The number of fused-ring (bicyclic) bond motifs is 1. The molecule has 1 aromatic carbocycles. The van der Waals surface area contributed by atoms with Crippen LogP contribution in [0, 0.1) is 0 Å². The van der Waals surface area contributed by atoms with E-state index in [0.717, 1.165) is 27.7 Å². The molecule has 2 heterocycles. The van der Waals surface area contributed by atoms with Gasteiger partial charge in [-0.15, -0.1) is 0 Å². The number of nitrogens with one attached hydrogen (secondary N) is 1. The Kier molecular flexibility index (Phi) is 2.93. The van der Waals surface area contributed by atoms with Crippen LogP contribution in [0.2, 0.25) is 0 Å². The summed E-state index contributed by atoms with van der Waals surface area (Å²) in [6.45, 7) is 0.522. The van der Waals surface area contributed by atoms with E-state index in [0.29, 0.717) is 12.4 Å². The molecule has 0 aliphatic carbocycles. The molecule has 0 atom stereocenters. The normalized spacial score (nSPS) is 10.8. The van der Waals surface area contributed by atoms with Crippen molar-refractivity contribution < 1.29 is 4.74 Å². The second kappa shape index (κ2) is 4.74. The van der Waals surface area contributed by atoms with Crippen LogP contribution in [0.1, 0.15) is 5.69 Å². The van der Waals surface area contributed by atoms with Gasteiger partial charge in [-0.25, -0.2) is 4.98 Å². The van der Waals surface area contributed by atoms with E-state index >= 15 is 0 Å². The number of benzene rings is 1. The zero-order valence-corrected chi connectivity index (χ0v) is 10.7. The van der Waals surface area contributed by atoms with Gasteiger partial charge in [0.15, 0.2) is 0 Å². The number of nitrogens with zero attached hydrogens (tertiary/aromatic N) is 1. The minimum atomic E-state index is 0.522. The van der Waals surface area contributed by atoms with Crippen molar-refractivity contribution in [1.82, 2.24) is 9.97 Å². The fourth-order valence-corrected chi connectivity index (χ4v) is 2.15. The number of aromatic amines is 1. The molecule has 3 aromatic rings. The van der Waals surface area contributed by atoms with Crippen LogP contribution < -0.4 is 10.5 Å². The average molecular weight is 253 g/mol. The van der Waals surface area contributed by atoms with Gasteiger partial charge in [0.05, 0.1) is 7.11 Å². The van der Waals surface area contributed by atoms with E-state index in [1.807, 2.05) is 18.3 Å². The van der Waals surface area contributed by atoms with Crippen molar-refractivity contribution in [3.8, 4) is 17.0 Å². The van der Waals surface area contributed by atoms with E-state index in [9.17, 15) is 0 Å². The lowest BCUT2D eigenvalue weighted by Gasteiger charge is -2.03. The Bertz CT molecular complexity index is 701. The van der Waals surface area contributed by atoms with E-state index in [2.05, 4.69) is 34.2 Å². The van der Waals surface area contributed by atoms with Crippen LogP contribution in [0.25, 0.3) is 22.0 Å². The van der Waals surface area contributed by atoms with E-state index in [1.54, 1.807) is 7.11 Å². The van der Waals surface area contributed by atoms with Crippen molar-refractivity contribution >= 4 is 10.9 Å². The van der Waals surface area contributed by atoms with Gasteiger partial charge in [0.2, 0.25) is 5.88 Å². The van der Waals surface area contributed by atoms with Gasteiger partial charge in [-0.2, -0.15) is 0 Å². The molecule has 4 heteroatoms. The Hall–Kier alpha value is -2.33. The third-order valence-electron chi connectivity index (χ3n) is 3.18. The number of nitrogens with two attached hydrogens (primary N) is 1. The lowest BCUT2D eigenvalue weighted by atomic mass is 10.1. The first-order chi connectivity index (χ1) is 9.30. The molecule has 0 saturated carbocycles. The fraction of sp³-hybridized carbons (Fsp3) is 0.133. The first-order valence-corrected chi connectivity index (χ1v) is 6.12. The van der Waals surface area contributed by atoms with Crippen LogP contribution in [-0.4, -0.2) is 17.1 Å². The first-order valence-electron chi connectivity index (χ1n) is 6.12. The number of rotatable bonds is 3. The van der Waals surface area contributed by atoms with Crippen LogP contribution in [0.5, 0.6) is 5.88 Å². The zero-order valence-electron chi connectivity index (χ0n) is 10.7. The second-order valence-electron chi connectivity index (χ2n) is 4.39. The molecule has 0 amide bonds. The molecular formula is C15H15N3O. The number of ether oxygens (including phenoxy) is 1. The van der Waals surface area contributed by atoms with Gasteiger partial charge in [-0.05, 0) is 29.8 Å². The van der Waals surface area contributed by atoms with Gasteiger partial charge in [0.25, 0.3) is 0 Å². The number of hydrogen-bond acceptors (Lipinski definition) is 3. The van der Waals surface area contributed by atoms with Crippen LogP contribution in [0.15, 0.2) is 42.6 Å². The van der Waals surface area contributed by atoms with E-state index in [1.165, 1.54) is 0 Å². The predicted molar refractivity (Wildman–Crippen MR) is 76.0 cm³/mol. The minimum Gasteiger partial charge on any atom is -0.481 e. The highest BCUT2D eigenvalue weighted by Crippen LogP contribution is 2.25. The standard InChI is InChI=1S/C15H15N3O/c1-19-15-5-3-11(9-17-15)10-2-4-14-12(6-10)7-13(8-16)18-14/h2-7,9,18H,8,16H2,1H3. The summed E-state index contributed by atoms with van der Waals surface area (Å²) in [6, 6.07) is 12.2. The molecule has 0 aliphatic rings. The predicted octanol–water partition coefficient (Wildman–Crippen LogP) is 2.70. The topological polar surface area (TPSA) is 63.9 Å². The third kappa shape index (κ3) is 2.18. The monoisotopic (exact) mass is 253 g/mol. The molecule has 3 N–H and O–H groups in total. The maximum absolute atomic E-state index is 5.64. The van der Waals surface area contributed by atoms with Crippen LogP contribution in [0.4, 0.5) is 0 Å². The van der Waals surface area contributed by atoms with Gasteiger partial charge < -0.3 is 15.5 Å². The molecule has 0 fully saturated rings. The quantitative estimate of drug-likeness (QED) is 0.754. The molecule has 3 rings (SSSR count). The van der Waals surface area contributed by atoms with E-state index in [4.69, 9.17) is 10.5 Å². The molecule has 0 radical (unpaired) electrons. The van der Waals surface area contributed by atoms with Crippen LogP contribution in [-0.2, 0) is 6.54 Å². The maximum Gasteiger partial charge on any atom is 0.212 e. The Morgan fingerprint density at radius 2 is 2.00 bits per heavy atom. The number of pyridine rings is 1. The van der Waals surface area contributed by atoms with Gasteiger partial charge >= 0.3 is 0 Å². The van der Waals surface area contributed by atoms with Crippen molar-refractivity contribution in [1.29, 1.82) is 0 Å². The zero-order chi connectivity index (χ0) is 13.2. The molecule has 0 saturated heterocycles. The van der Waals surface area contributed by atoms with Crippen molar-refractivity contribution in [3.63, 3.8) is 0 Å². The number of methoxy groups -OCH3 is 1. The molecule has 0 bridgehead atoms. The number of aromatic nitrogens is 2. The van der Waals surface area contributed by atoms with Crippen molar-refractivity contribution in [3.05, 3.63) is 48.3 Å². The summed E-state index contributed by atoms with van der Waals surface area (Å²) in [7, 11) is 1.61. The molecule has 96 valence electrons. The molecule has 0 aliphatic heterocycles. The van der Waals surface area contributed by atoms with E-state index < -0.39 is 0 Å². The Morgan fingerprint density at radius 3 is 2.68 bits per heavy atom. The highest BCUT2D eigenvalue weighted by molar-refractivity contribution is 5.85. The summed E-state index contributed by atoms with van der Waals surface area (Å²) in [5.41, 5.74) is 9.98. The maximum atomic E-state index is 5.64. The molecule has 0 spiro atoms. The third-order valence-corrected chi connectivity index (χ3v) is 3.18. The van der Waals surface area contributed by atoms with Gasteiger partial charge in [0, 0.05) is 41.0 Å². The van der Waals surface area contributed by atoms with Crippen molar-refractivity contribution in [2.75, 3.05) is 7.11 Å². The van der Waals surface area contributed by atoms with Gasteiger partial charge in [-0.1, -0.05) is 6.07 Å². The Balaban J connectivity index is 2.03. The lowest BCUT2D eigenvalue weighted by Crippen LogP contribution is -1.94. The Labute approximate surface area is 111 Å². The minimum absolute atomic E-state index is 0.522. The van der Waals surface area contributed by atoms with E-state index in [-0.39, 0.29) is 0 Å². The molecule has 0 unspecified atom stereocenters. The number of hydrogen-bond donors (Lipinski definition) is 2. The summed E-state index contributed by atoms with van der Waals surface area (Å²) in [5, 5.41) is 1.16. The van der Waals surface area contributed by atoms with Crippen molar-refractivity contribution in [2.24, 2.45) is 5.73 Å². The van der Waals surface area contributed by atoms with Crippen LogP contribution >= 0.6 is 0 Å². The molecule has 19 heavy (non-hydrogen) atoms. The number of H-pyrrole nitrogens is 1. The highest BCUT2D eigenvalue weighted by atomic mass is 16.5. The molecule has 4 nitrogen and oxygen atoms in total. The summed E-state index contributed by atoms with van der Waals surface area (Å²) < 4.78 is 5.06.